The fraction of sp³-hybridized carbons (Fsp3) is 0.923. The number of hydrogen-bond acceptors (Lipinski definition) is 3. The summed E-state index contributed by atoms with van der Waals surface area (Å²) < 4.78 is 11.8. The third-order valence-corrected chi connectivity index (χ3v) is 5.61. The van der Waals surface area contributed by atoms with Gasteiger partial charge in [0.2, 0.25) is 7.37 Å². The molecule has 3 atom stereocenters. The van der Waals surface area contributed by atoms with E-state index >= 15 is 0 Å². The second kappa shape index (κ2) is 9.51. The number of carboxylic acids is 1. The van der Waals surface area contributed by atoms with Crippen LogP contribution in [0.2, 0.25) is 0 Å². The lowest BCUT2D eigenvalue weighted by atomic mass is 10.0. The Morgan fingerprint density at radius 2 is 1.74 bits per heavy atom. The topological polar surface area (TPSA) is 101 Å². The van der Waals surface area contributed by atoms with Crippen molar-refractivity contribution in [2.24, 2.45) is 11.7 Å². The number of hydrogen-bond donors (Lipinski definition) is 3. The Morgan fingerprint density at radius 3 is 2.21 bits per heavy atom. The second-order valence-electron chi connectivity index (χ2n) is 5.27. The standard InChI is InChI=1S/C13H28NO4P/c1-3-4-5-6-7-8-9-12(13(15)16)10-19(17,18)11(2)14/h11-12H,3-10,14H2,1-2H3,(H,15,16)(H,17,18). The molecule has 0 aliphatic carbocycles. The van der Waals surface area contributed by atoms with Gasteiger partial charge in [0.15, 0.2) is 0 Å². The maximum absolute atomic E-state index is 11.8. The lowest BCUT2D eigenvalue weighted by molar-refractivity contribution is -0.141. The van der Waals surface area contributed by atoms with Crippen molar-refractivity contribution in [3.05, 3.63) is 0 Å². The number of unbranched alkanes of at least 4 members (excludes halogenated alkanes) is 5. The fourth-order valence-corrected chi connectivity index (χ4v) is 3.25. The van der Waals surface area contributed by atoms with Gasteiger partial charge in [0, 0.05) is 6.16 Å². The molecule has 0 amide bonds. The largest absolute Gasteiger partial charge is 0.481 e. The predicted octanol–water partition coefficient (Wildman–Crippen LogP) is 3.01. The zero-order valence-electron chi connectivity index (χ0n) is 12.0. The molecule has 0 fully saturated rings. The molecule has 0 rings (SSSR count). The van der Waals surface area contributed by atoms with Crippen molar-refractivity contribution >= 4 is 13.3 Å². The summed E-state index contributed by atoms with van der Waals surface area (Å²) in [6.07, 6.45) is 6.68. The van der Waals surface area contributed by atoms with Crippen LogP contribution in [-0.4, -0.2) is 27.9 Å². The van der Waals surface area contributed by atoms with Gasteiger partial charge in [-0.25, -0.2) is 0 Å². The van der Waals surface area contributed by atoms with E-state index in [9.17, 15) is 14.3 Å². The monoisotopic (exact) mass is 293 g/mol. The smallest absolute Gasteiger partial charge is 0.307 e. The van der Waals surface area contributed by atoms with E-state index in [1.54, 1.807) is 0 Å². The van der Waals surface area contributed by atoms with E-state index in [2.05, 4.69) is 6.92 Å². The predicted molar refractivity (Wildman–Crippen MR) is 77.5 cm³/mol. The molecular formula is C13H28NO4P. The molecule has 0 spiro atoms. The molecule has 4 N–H and O–H groups in total. The van der Waals surface area contributed by atoms with Gasteiger partial charge in [-0.3, -0.25) is 9.36 Å². The highest BCUT2D eigenvalue weighted by Gasteiger charge is 2.31. The molecule has 114 valence electrons. The van der Waals surface area contributed by atoms with Gasteiger partial charge < -0.3 is 15.7 Å². The normalized spacial score (nSPS) is 17.7. The average molecular weight is 293 g/mol. The van der Waals surface area contributed by atoms with Gasteiger partial charge in [0.25, 0.3) is 0 Å². The van der Waals surface area contributed by atoms with Crippen LogP contribution >= 0.6 is 7.37 Å². The molecule has 0 aliphatic rings. The zero-order valence-corrected chi connectivity index (χ0v) is 12.9. The third kappa shape index (κ3) is 8.40. The van der Waals surface area contributed by atoms with E-state index in [4.69, 9.17) is 10.8 Å². The Labute approximate surface area is 116 Å². The Hall–Kier alpha value is -0.380. The van der Waals surface area contributed by atoms with Crippen LogP contribution in [0.25, 0.3) is 0 Å². The second-order valence-corrected chi connectivity index (χ2v) is 7.96. The van der Waals surface area contributed by atoms with Gasteiger partial charge in [0.05, 0.1) is 11.7 Å². The molecule has 0 aromatic carbocycles. The molecule has 0 aromatic rings. The summed E-state index contributed by atoms with van der Waals surface area (Å²) in [4.78, 5) is 20.7. The van der Waals surface area contributed by atoms with Crippen molar-refractivity contribution in [1.29, 1.82) is 0 Å². The first kappa shape index (κ1) is 18.6. The van der Waals surface area contributed by atoms with Crippen molar-refractivity contribution in [1.82, 2.24) is 0 Å². The van der Waals surface area contributed by atoms with Crippen molar-refractivity contribution in [2.75, 3.05) is 6.16 Å². The van der Waals surface area contributed by atoms with Gasteiger partial charge in [-0.05, 0) is 13.3 Å². The first-order chi connectivity index (χ1) is 8.81. The van der Waals surface area contributed by atoms with Crippen molar-refractivity contribution < 1.29 is 19.4 Å². The zero-order chi connectivity index (χ0) is 14.9. The van der Waals surface area contributed by atoms with Crippen LogP contribution in [-0.2, 0) is 9.36 Å². The summed E-state index contributed by atoms with van der Waals surface area (Å²) in [5.74, 6) is -2.62. The number of carbonyl (C=O) groups is 1. The van der Waals surface area contributed by atoms with E-state index in [0.717, 1.165) is 19.3 Å². The lowest BCUT2D eigenvalue weighted by Gasteiger charge is -2.19. The van der Waals surface area contributed by atoms with Crippen molar-refractivity contribution in [3.63, 3.8) is 0 Å². The molecule has 5 nitrogen and oxygen atoms in total. The molecule has 3 unspecified atom stereocenters. The summed E-state index contributed by atoms with van der Waals surface area (Å²) in [5, 5.41) is 9.09. The van der Waals surface area contributed by atoms with Crippen LogP contribution in [0.5, 0.6) is 0 Å². The Bertz CT molecular complexity index is 307. The molecular weight excluding hydrogens is 265 g/mol. The molecule has 0 aromatic heterocycles. The maximum atomic E-state index is 11.8. The molecule has 19 heavy (non-hydrogen) atoms. The maximum Gasteiger partial charge on any atom is 0.307 e. The molecule has 6 heteroatoms. The van der Waals surface area contributed by atoms with Crippen LogP contribution in [0.1, 0.15) is 58.8 Å². The van der Waals surface area contributed by atoms with Crippen molar-refractivity contribution in [3.8, 4) is 0 Å². The summed E-state index contributed by atoms with van der Waals surface area (Å²) in [6, 6.07) is 0. The number of rotatable bonds is 11. The average Bonchev–Trinajstić information content (AvgIpc) is 2.31. The van der Waals surface area contributed by atoms with Crippen LogP contribution in [0, 0.1) is 5.92 Å². The Kier molecular flexibility index (Phi) is 9.32. The highest BCUT2D eigenvalue weighted by Crippen LogP contribution is 2.46. The molecule has 0 saturated heterocycles. The highest BCUT2D eigenvalue weighted by atomic mass is 31.2. The van der Waals surface area contributed by atoms with E-state index in [1.807, 2.05) is 0 Å². The van der Waals surface area contributed by atoms with Crippen LogP contribution < -0.4 is 5.73 Å². The summed E-state index contributed by atoms with van der Waals surface area (Å²) in [6.45, 7) is 3.59. The Balaban J connectivity index is 4.08. The van der Waals surface area contributed by atoms with Crippen LogP contribution in [0.3, 0.4) is 0 Å². The minimum Gasteiger partial charge on any atom is -0.481 e. The van der Waals surface area contributed by atoms with E-state index in [0.29, 0.717) is 6.42 Å². The quantitative estimate of drug-likeness (QED) is 0.401. The SMILES string of the molecule is CCCCCCCCC(CP(=O)(O)C(C)N)C(=O)O. The number of carboxylic acid groups (broad SMARTS) is 1. The minimum absolute atomic E-state index is 0.213. The first-order valence-electron chi connectivity index (χ1n) is 7.11. The lowest BCUT2D eigenvalue weighted by Crippen LogP contribution is -2.24. The third-order valence-electron chi connectivity index (χ3n) is 3.37. The summed E-state index contributed by atoms with van der Waals surface area (Å²) >= 11 is 0. The minimum atomic E-state index is -3.54. The van der Waals surface area contributed by atoms with E-state index in [-0.39, 0.29) is 6.16 Å². The molecule has 0 heterocycles. The van der Waals surface area contributed by atoms with Crippen molar-refractivity contribution in [2.45, 2.75) is 64.6 Å². The van der Waals surface area contributed by atoms with Gasteiger partial charge in [-0.15, -0.1) is 0 Å². The van der Waals surface area contributed by atoms with Gasteiger partial charge in [-0.1, -0.05) is 45.4 Å². The van der Waals surface area contributed by atoms with Crippen LogP contribution in [0.4, 0.5) is 0 Å². The number of nitrogens with two attached hydrogens (primary N) is 1. The molecule has 0 aliphatic heterocycles. The number of aliphatic carboxylic acids is 1. The molecule has 0 saturated carbocycles. The van der Waals surface area contributed by atoms with E-state index < -0.39 is 25.0 Å². The molecule has 0 bridgehead atoms. The Morgan fingerprint density at radius 1 is 1.21 bits per heavy atom. The van der Waals surface area contributed by atoms with E-state index in [1.165, 1.54) is 26.2 Å². The fourth-order valence-electron chi connectivity index (χ4n) is 1.95. The summed E-state index contributed by atoms with van der Waals surface area (Å²) in [7, 11) is -3.54. The van der Waals surface area contributed by atoms with Gasteiger partial charge >= 0.3 is 5.97 Å². The van der Waals surface area contributed by atoms with Gasteiger partial charge in [-0.2, -0.15) is 0 Å². The molecule has 0 radical (unpaired) electrons. The van der Waals surface area contributed by atoms with Gasteiger partial charge in [0.1, 0.15) is 0 Å². The summed E-state index contributed by atoms with van der Waals surface area (Å²) in [5.41, 5.74) is 5.42. The first-order valence-corrected chi connectivity index (χ1v) is 9.02. The van der Waals surface area contributed by atoms with Crippen LogP contribution in [0.15, 0.2) is 0 Å². The highest BCUT2D eigenvalue weighted by molar-refractivity contribution is 7.58.